The Balaban J connectivity index is 1.67. The van der Waals surface area contributed by atoms with E-state index in [0.717, 1.165) is 18.7 Å². The predicted molar refractivity (Wildman–Crippen MR) is 147 cm³/mol. The number of rotatable bonds is 7. The molecular formula is C26H29N5O3S2. The number of carbonyl (C=O) groups excluding carboxylic acids is 1. The van der Waals surface area contributed by atoms with Crippen LogP contribution in [0, 0.1) is 18.3 Å². The van der Waals surface area contributed by atoms with Crippen LogP contribution >= 0.6 is 24.0 Å². The number of aliphatic hydroxyl groups is 1. The molecule has 0 atom stereocenters. The van der Waals surface area contributed by atoms with Crippen molar-refractivity contribution >= 4 is 46.1 Å². The van der Waals surface area contributed by atoms with Gasteiger partial charge in [0, 0.05) is 51.9 Å². The Hall–Kier alpha value is -2.97. The topological polar surface area (TPSA) is 92.8 Å². The summed E-state index contributed by atoms with van der Waals surface area (Å²) < 4.78 is 2.01. The summed E-state index contributed by atoms with van der Waals surface area (Å²) in [4.78, 5) is 32.7. The molecule has 36 heavy (non-hydrogen) atoms. The number of aliphatic hydroxyl groups excluding tert-OH is 1. The highest BCUT2D eigenvalue weighted by Gasteiger charge is 2.33. The number of nitrogens with zero attached hydrogens (tertiary/aromatic N) is 5. The Kier molecular flexibility index (Phi) is 8.26. The first kappa shape index (κ1) is 26.1. The highest BCUT2D eigenvalue weighted by atomic mass is 32.2. The maximum atomic E-state index is 13.3. The summed E-state index contributed by atoms with van der Waals surface area (Å²) in [6.45, 7) is 5.77. The SMILES string of the molecule is Cc1c(C=C2SC(=S)N(CCc3ccccc3)C2=O)c(N2CCN(CCO)CC2)n(C)c(=O)c1C#N. The number of anilines is 1. The largest absolute Gasteiger partial charge is 0.395 e. The molecule has 0 aliphatic carbocycles. The molecule has 2 aliphatic heterocycles. The fraction of sp³-hybridized carbons (Fsp3) is 0.385. The van der Waals surface area contributed by atoms with E-state index in [1.54, 1.807) is 24.9 Å². The number of carbonyl (C=O) groups is 1. The maximum absolute atomic E-state index is 13.3. The Morgan fingerprint density at radius 3 is 2.47 bits per heavy atom. The zero-order valence-corrected chi connectivity index (χ0v) is 22.1. The molecule has 0 saturated carbocycles. The van der Waals surface area contributed by atoms with Gasteiger partial charge in [0.15, 0.2) is 0 Å². The van der Waals surface area contributed by atoms with Crippen molar-refractivity contribution in [1.29, 1.82) is 5.26 Å². The number of aromatic nitrogens is 1. The van der Waals surface area contributed by atoms with E-state index in [9.17, 15) is 20.0 Å². The Morgan fingerprint density at radius 2 is 1.83 bits per heavy atom. The summed E-state index contributed by atoms with van der Waals surface area (Å²) >= 11 is 6.78. The van der Waals surface area contributed by atoms with Crippen molar-refractivity contribution < 1.29 is 9.90 Å². The lowest BCUT2D eigenvalue weighted by atomic mass is 10.0. The first-order valence-corrected chi connectivity index (χ1v) is 13.1. The second kappa shape index (κ2) is 11.4. The van der Waals surface area contributed by atoms with Crippen LogP contribution in [0.1, 0.15) is 22.3 Å². The number of benzene rings is 1. The average molecular weight is 524 g/mol. The second-order valence-electron chi connectivity index (χ2n) is 8.83. The van der Waals surface area contributed by atoms with Gasteiger partial charge >= 0.3 is 0 Å². The van der Waals surface area contributed by atoms with E-state index < -0.39 is 0 Å². The highest BCUT2D eigenvalue weighted by molar-refractivity contribution is 8.26. The molecule has 2 aliphatic rings. The lowest BCUT2D eigenvalue weighted by Crippen LogP contribution is -2.49. The van der Waals surface area contributed by atoms with Gasteiger partial charge in [0.1, 0.15) is 21.8 Å². The van der Waals surface area contributed by atoms with Crippen LogP contribution in [0.15, 0.2) is 40.0 Å². The molecule has 0 unspecified atom stereocenters. The third-order valence-electron chi connectivity index (χ3n) is 6.67. The molecule has 10 heteroatoms. The van der Waals surface area contributed by atoms with Gasteiger partial charge in [0.2, 0.25) is 0 Å². The van der Waals surface area contributed by atoms with Crippen molar-refractivity contribution in [3.63, 3.8) is 0 Å². The standard InChI is InChI=1S/C26H29N5O3S2/c1-18-20(16-22-25(34)31(26(35)36-22)9-8-19-6-4-3-5-7-19)23(28(2)24(33)21(18)17-27)30-12-10-29(11-13-30)14-15-32/h3-7,16,32H,8-15H2,1-2H3. The van der Waals surface area contributed by atoms with Crippen LogP contribution in [0.3, 0.4) is 0 Å². The van der Waals surface area contributed by atoms with E-state index >= 15 is 0 Å². The number of nitriles is 1. The Bertz CT molecular complexity index is 1290. The minimum Gasteiger partial charge on any atom is -0.395 e. The third-order valence-corrected chi connectivity index (χ3v) is 8.05. The van der Waals surface area contributed by atoms with Crippen molar-refractivity contribution in [1.82, 2.24) is 14.4 Å². The minimum atomic E-state index is -0.352. The van der Waals surface area contributed by atoms with Crippen molar-refractivity contribution in [2.24, 2.45) is 7.05 Å². The summed E-state index contributed by atoms with van der Waals surface area (Å²) in [5, 5.41) is 19.0. The van der Waals surface area contributed by atoms with Crippen molar-refractivity contribution in [2.45, 2.75) is 13.3 Å². The Morgan fingerprint density at radius 1 is 1.14 bits per heavy atom. The Labute approximate surface area is 220 Å². The second-order valence-corrected chi connectivity index (χ2v) is 10.5. The third kappa shape index (κ3) is 5.25. The van der Waals surface area contributed by atoms with Crippen LogP contribution < -0.4 is 10.5 Å². The van der Waals surface area contributed by atoms with Crippen LogP contribution in [0.4, 0.5) is 5.82 Å². The number of thiocarbonyl (C=S) groups is 1. The molecule has 4 rings (SSSR count). The molecule has 1 N–H and O–H groups in total. The number of β-amino-alcohol motifs (C(OH)–C–C–N with tert-alkyl or cyclic N) is 1. The lowest BCUT2D eigenvalue weighted by molar-refractivity contribution is -0.122. The maximum Gasteiger partial charge on any atom is 0.270 e. The number of hydrogen-bond acceptors (Lipinski definition) is 8. The monoisotopic (exact) mass is 523 g/mol. The van der Waals surface area contributed by atoms with Gasteiger partial charge < -0.3 is 10.0 Å². The van der Waals surface area contributed by atoms with Gasteiger partial charge in [-0.1, -0.05) is 54.3 Å². The lowest BCUT2D eigenvalue weighted by Gasteiger charge is -2.37. The summed E-state index contributed by atoms with van der Waals surface area (Å²) in [7, 11) is 1.67. The quantitative estimate of drug-likeness (QED) is 0.436. The van der Waals surface area contributed by atoms with E-state index in [2.05, 4.69) is 9.80 Å². The van der Waals surface area contributed by atoms with Gasteiger partial charge in [0.25, 0.3) is 11.5 Å². The van der Waals surface area contributed by atoms with Crippen LogP contribution in [-0.4, -0.2) is 75.6 Å². The number of pyridine rings is 1. The zero-order valence-electron chi connectivity index (χ0n) is 20.4. The molecule has 0 radical (unpaired) electrons. The van der Waals surface area contributed by atoms with Gasteiger partial charge in [-0.15, -0.1) is 0 Å². The fourth-order valence-electron chi connectivity index (χ4n) is 4.63. The molecule has 1 amide bonds. The van der Waals surface area contributed by atoms with E-state index in [0.29, 0.717) is 58.8 Å². The van der Waals surface area contributed by atoms with Crippen LogP contribution in [0.25, 0.3) is 6.08 Å². The van der Waals surface area contributed by atoms with E-state index in [-0.39, 0.29) is 23.6 Å². The molecule has 2 aromatic rings. The van der Waals surface area contributed by atoms with Gasteiger partial charge in [-0.05, 0) is 30.5 Å². The molecule has 8 nitrogen and oxygen atoms in total. The smallest absolute Gasteiger partial charge is 0.270 e. The van der Waals surface area contributed by atoms with Crippen molar-refractivity contribution in [2.75, 3.05) is 50.8 Å². The predicted octanol–water partition coefficient (Wildman–Crippen LogP) is 2.12. The summed E-state index contributed by atoms with van der Waals surface area (Å²) in [6, 6.07) is 12.0. The van der Waals surface area contributed by atoms with Gasteiger partial charge in [-0.3, -0.25) is 24.0 Å². The van der Waals surface area contributed by atoms with Crippen molar-refractivity contribution in [3.05, 3.63) is 67.8 Å². The summed E-state index contributed by atoms with van der Waals surface area (Å²) in [5.41, 5.74) is 2.10. The number of thioether (sulfide) groups is 1. The van der Waals surface area contributed by atoms with Gasteiger partial charge in [-0.2, -0.15) is 5.26 Å². The molecular weight excluding hydrogens is 494 g/mol. The molecule has 3 heterocycles. The average Bonchev–Trinajstić information content (AvgIpc) is 3.15. The first-order chi connectivity index (χ1) is 17.3. The number of amides is 1. The van der Waals surface area contributed by atoms with E-state index in [1.807, 2.05) is 36.4 Å². The molecule has 0 spiro atoms. The zero-order chi connectivity index (χ0) is 25.8. The normalized spacial score (nSPS) is 17.8. The molecule has 2 fully saturated rings. The first-order valence-electron chi connectivity index (χ1n) is 11.9. The molecule has 1 aromatic carbocycles. The number of piperazine rings is 1. The molecule has 1 aromatic heterocycles. The summed E-state index contributed by atoms with van der Waals surface area (Å²) in [5.74, 6) is 0.529. The van der Waals surface area contributed by atoms with E-state index in [1.165, 1.54) is 16.3 Å². The van der Waals surface area contributed by atoms with Crippen molar-refractivity contribution in [3.8, 4) is 6.07 Å². The summed E-state index contributed by atoms with van der Waals surface area (Å²) in [6.07, 6.45) is 2.48. The number of hydrogen-bond donors (Lipinski definition) is 1. The van der Waals surface area contributed by atoms with Gasteiger partial charge in [-0.25, -0.2) is 0 Å². The van der Waals surface area contributed by atoms with Crippen LogP contribution in [-0.2, 0) is 18.3 Å². The molecule has 0 bridgehead atoms. The van der Waals surface area contributed by atoms with E-state index in [4.69, 9.17) is 12.2 Å². The minimum absolute atomic E-state index is 0.0750. The van der Waals surface area contributed by atoms with Crippen LogP contribution in [0.5, 0.6) is 0 Å². The highest BCUT2D eigenvalue weighted by Crippen LogP contribution is 2.36. The molecule has 188 valence electrons. The molecule has 2 saturated heterocycles. The van der Waals surface area contributed by atoms with Crippen LogP contribution in [0.2, 0.25) is 0 Å². The van der Waals surface area contributed by atoms with Gasteiger partial charge in [0.05, 0.1) is 11.5 Å². The fourth-order valence-corrected chi connectivity index (χ4v) is 5.92.